The average Bonchev–Trinajstić information content (AvgIpc) is 3.35. The topological polar surface area (TPSA) is 102 Å². The van der Waals surface area contributed by atoms with Crippen molar-refractivity contribution in [1.82, 2.24) is 19.6 Å². The van der Waals surface area contributed by atoms with Crippen LogP contribution in [0.25, 0.3) is 10.8 Å². The SMILES string of the molecule is Cc1nn(Cc2cccc3ccccc23)c(C)c1NC(=O)c1ccn(C(C)C(=O)O)n1. The predicted molar refractivity (Wildman–Crippen MR) is 117 cm³/mol. The number of carbonyl (C=O) groups is 2. The van der Waals surface area contributed by atoms with Crippen molar-refractivity contribution in [3.63, 3.8) is 0 Å². The summed E-state index contributed by atoms with van der Waals surface area (Å²) < 4.78 is 3.12. The first-order valence-corrected chi connectivity index (χ1v) is 9.95. The second kappa shape index (κ2) is 8.06. The lowest BCUT2D eigenvalue weighted by Crippen LogP contribution is -2.18. The number of hydrogen-bond acceptors (Lipinski definition) is 4. The largest absolute Gasteiger partial charge is 0.480 e. The number of rotatable bonds is 6. The highest BCUT2D eigenvalue weighted by Crippen LogP contribution is 2.24. The third kappa shape index (κ3) is 3.92. The number of anilines is 1. The Morgan fingerprint density at radius 3 is 2.58 bits per heavy atom. The number of carboxylic acids is 1. The molecule has 31 heavy (non-hydrogen) atoms. The number of nitrogens with zero attached hydrogens (tertiary/aromatic N) is 4. The van der Waals surface area contributed by atoms with Crippen molar-refractivity contribution in [2.75, 3.05) is 5.32 Å². The molecule has 0 saturated heterocycles. The number of aryl methyl sites for hydroxylation is 1. The molecule has 2 aromatic carbocycles. The maximum Gasteiger partial charge on any atom is 0.328 e. The van der Waals surface area contributed by atoms with E-state index in [0.29, 0.717) is 17.9 Å². The van der Waals surface area contributed by atoms with Gasteiger partial charge in [-0.05, 0) is 43.2 Å². The number of nitrogens with one attached hydrogen (secondary N) is 1. The van der Waals surface area contributed by atoms with Crippen LogP contribution in [0, 0.1) is 13.8 Å². The smallest absolute Gasteiger partial charge is 0.328 e. The predicted octanol–water partition coefficient (Wildman–Crippen LogP) is 3.80. The summed E-state index contributed by atoms with van der Waals surface area (Å²) in [5.41, 5.74) is 3.45. The lowest BCUT2D eigenvalue weighted by atomic mass is 10.0. The number of carbonyl (C=O) groups excluding carboxylic acids is 1. The first-order valence-electron chi connectivity index (χ1n) is 9.95. The van der Waals surface area contributed by atoms with E-state index in [9.17, 15) is 9.59 Å². The van der Waals surface area contributed by atoms with Crippen LogP contribution in [-0.2, 0) is 11.3 Å². The summed E-state index contributed by atoms with van der Waals surface area (Å²) in [6, 6.07) is 15.0. The Bertz CT molecular complexity index is 1280. The summed E-state index contributed by atoms with van der Waals surface area (Å²) in [6.45, 7) is 5.83. The summed E-state index contributed by atoms with van der Waals surface area (Å²) in [5.74, 6) is -1.43. The molecule has 0 radical (unpaired) electrons. The third-order valence-electron chi connectivity index (χ3n) is 5.42. The monoisotopic (exact) mass is 417 g/mol. The molecular weight excluding hydrogens is 394 g/mol. The number of fused-ring (bicyclic) bond motifs is 1. The Morgan fingerprint density at radius 2 is 1.81 bits per heavy atom. The van der Waals surface area contributed by atoms with Gasteiger partial charge in [0.15, 0.2) is 5.69 Å². The summed E-state index contributed by atoms with van der Waals surface area (Å²) >= 11 is 0. The zero-order chi connectivity index (χ0) is 22.1. The van der Waals surface area contributed by atoms with Gasteiger partial charge in [0.05, 0.1) is 23.6 Å². The summed E-state index contributed by atoms with van der Waals surface area (Å²) in [4.78, 5) is 23.8. The molecule has 0 bridgehead atoms. The van der Waals surface area contributed by atoms with Gasteiger partial charge in [-0.1, -0.05) is 42.5 Å². The van der Waals surface area contributed by atoms with Gasteiger partial charge in [0.1, 0.15) is 6.04 Å². The fraction of sp³-hybridized carbons (Fsp3) is 0.217. The lowest BCUT2D eigenvalue weighted by Gasteiger charge is -2.09. The standard InChI is InChI=1S/C23H23N5O3/c1-14-21(24-22(29)20-11-12-27(26-20)16(3)23(30)31)15(2)28(25-14)13-18-9-6-8-17-7-4-5-10-19(17)18/h4-12,16H,13H2,1-3H3,(H,24,29)(H,30,31). The van der Waals surface area contributed by atoms with E-state index in [2.05, 4.69) is 39.8 Å². The molecule has 2 N–H and O–H groups in total. The maximum absolute atomic E-state index is 12.7. The van der Waals surface area contributed by atoms with Crippen LogP contribution < -0.4 is 5.32 Å². The van der Waals surface area contributed by atoms with Crippen LogP contribution in [0.5, 0.6) is 0 Å². The molecule has 1 unspecified atom stereocenters. The molecule has 0 spiro atoms. The van der Waals surface area contributed by atoms with Crippen LogP contribution in [0.3, 0.4) is 0 Å². The Morgan fingerprint density at radius 1 is 1.06 bits per heavy atom. The molecule has 2 heterocycles. The zero-order valence-corrected chi connectivity index (χ0v) is 17.5. The van der Waals surface area contributed by atoms with E-state index in [4.69, 9.17) is 5.11 Å². The molecule has 4 aromatic rings. The molecular formula is C23H23N5O3. The van der Waals surface area contributed by atoms with Gasteiger partial charge in [0.25, 0.3) is 5.91 Å². The molecule has 1 atom stereocenters. The molecule has 2 aromatic heterocycles. The van der Waals surface area contributed by atoms with Crippen LogP contribution in [-0.4, -0.2) is 36.5 Å². The first kappa shape index (κ1) is 20.3. The second-order valence-corrected chi connectivity index (χ2v) is 7.49. The highest BCUT2D eigenvalue weighted by molar-refractivity contribution is 6.03. The molecule has 1 amide bonds. The molecule has 0 fully saturated rings. The van der Waals surface area contributed by atoms with Crippen molar-refractivity contribution in [1.29, 1.82) is 0 Å². The number of hydrogen-bond donors (Lipinski definition) is 2. The normalized spacial score (nSPS) is 12.1. The number of aromatic nitrogens is 4. The highest BCUT2D eigenvalue weighted by atomic mass is 16.4. The maximum atomic E-state index is 12.7. The molecule has 158 valence electrons. The highest BCUT2D eigenvalue weighted by Gasteiger charge is 2.20. The van der Waals surface area contributed by atoms with Crippen LogP contribution in [0.1, 0.15) is 40.4 Å². The van der Waals surface area contributed by atoms with E-state index >= 15 is 0 Å². The number of aliphatic carboxylic acids is 1. The molecule has 8 nitrogen and oxygen atoms in total. The van der Waals surface area contributed by atoms with E-state index in [1.165, 1.54) is 34.6 Å². The minimum atomic E-state index is -1.02. The quantitative estimate of drug-likeness (QED) is 0.497. The van der Waals surface area contributed by atoms with Crippen molar-refractivity contribution < 1.29 is 14.7 Å². The molecule has 0 saturated carbocycles. The average molecular weight is 417 g/mol. The molecule has 8 heteroatoms. The number of amides is 1. The van der Waals surface area contributed by atoms with E-state index in [1.807, 2.05) is 36.7 Å². The van der Waals surface area contributed by atoms with Crippen LogP contribution >= 0.6 is 0 Å². The molecule has 4 rings (SSSR count). The van der Waals surface area contributed by atoms with Crippen LogP contribution in [0.4, 0.5) is 5.69 Å². The third-order valence-corrected chi connectivity index (χ3v) is 5.42. The van der Waals surface area contributed by atoms with Gasteiger partial charge in [-0.2, -0.15) is 10.2 Å². The zero-order valence-electron chi connectivity index (χ0n) is 17.5. The molecule has 0 aliphatic heterocycles. The Labute approximate surface area is 179 Å². The lowest BCUT2D eigenvalue weighted by molar-refractivity contribution is -0.140. The van der Waals surface area contributed by atoms with E-state index < -0.39 is 17.9 Å². The summed E-state index contributed by atoms with van der Waals surface area (Å²) in [5, 5.41) is 23.0. The van der Waals surface area contributed by atoms with Gasteiger partial charge >= 0.3 is 5.97 Å². The fourth-order valence-corrected chi connectivity index (χ4v) is 3.59. The summed E-state index contributed by atoms with van der Waals surface area (Å²) in [7, 11) is 0. The summed E-state index contributed by atoms with van der Waals surface area (Å²) in [6.07, 6.45) is 1.48. The number of benzene rings is 2. The van der Waals surface area contributed by atoms with Crippen molar-refractivity contribution in [3.05, 3.63) is 77.4 Å². The van der Waals surface area contributed by atoms with Crippen molar-refractivity contribution in [2.45, 2.75) is 33.4 Å². The minimum Gasteiger partial charge on any atom is -0.480 e. The number of carboxylic acid groups (broad SMARTS) is 1. The van der Waals surface area contributed by atoms with Crippen LogP contribution in [0.15, 0.2) is 54.7 Å². The van der Waals surface area contributed by atoms with Crippen molar-refractivity contribution in [3.8, 4) is 0 Å². The van der Waals surface area contributed by atoms with Gasteiger partial charge in [-0.3, -0.25) is 14.2 Å². The van der Waals surface area contributed by atoms with Gasteiger partial charge in [0, 0.05) is 6.20 Å². The van der Waals surface area contributed by atoms with E-state index in [0.717, 1.165) is 11.3 Å². The van der Waals surface area contributed by atoms with Gasteiger partial charge < -0.3 is 10.4 Å². The molecule has 0 aliphatic carbocycles. The second-order valence-electron chi connectivity index (χ2n) is 7.49. The van der Waals surface area contributed by atoms with Gasteiger partial charge in [-0.25, -0.2) is 4.79 Å². The van der Waals surface area contributed by atoms with Crippen molar-refractivity contribution >= 4 is 28.3 Å². The van der Waals surface area contributed by atoms with Gasteiger partial charge in [0.2, 0.25) is 0 Å². The van der Waals surface area contributed by atoms with Gasteiger partial charge in [-0.15, -0.1) is 0 Å². The molecule has 0 aliphatic rings. The van der Waals surface area contributed by atoms with Crippen LogP contribution in [0.2, 0.25) is 0 Å². The Hall–Kier alpha value is -3.94. The Kier molecular flexibility index (Phi) is 5.29. The first-order chi connectivity index (χ1) is 14.8. The Balaban J connectivity index is 1.57. The minimum absolute atomic E-state index is 0.147. The fourth-order valence-electron chi connectivity index (χ4n) is 3.59. The van der Waals surface area contributed by atoms with Crippen molar-refractivity contribution in [2.24, 2.45) is 0 Å². The van der Waals surface area contributed by atoms with E-state index in [1.54, 1.807) is 0 Å². The van der Waals surface area contributed by atoms with E-state index in [-0.39, 0.29) is 5.69 Å².